The van der Waals surface area contributed by atoms with Crippen LogP contribution in [0.25, 0.3) is 10.4 Å². The number of carbonyl (C=O) groups excluding carboxylic acids is 3. The van der Waals surface area contributed by atoms with Gasteiger partial charge in [0.1, 0.15) is 12.1 Å². The average molecular weight is 398 g/mol. The predicted octanol–water partition coefficient (Wildman–Crippen LogP) is 1.99. The topological polar surface area (TPSA) is 128 Å². The monoisotopic (exact) mass is 398 g/mol. The number of carbonyl (C=O) groups is 3. The Morgan fingerprint density at radius 3 is 2.69 bits per heavy atom. The number of rotatable bonds is 3. The van der Waals surface area contributed by atoms with Gasteiger partial charge in [0, 0.05) is 10.5 Å². The highest BCUT2D eigenvalue weighted by Gasteiger charge is 2.62. The van der Waals surface area contributed by atoms with Gasteiger partial charge in [0.05, 0.1) is 12.6 Å². The van der Waals surface area contributed by atoms with Gasteiger partial charge in [-0.3, -0.25) is 9.59 Å². The minimum absolute atomic E-state index is 0.0906. The smallest absolute Gasteiger partial charge is 0.431 e. The van der Waals surface area contributed by atoms with Gasteiger partial charge < -0.3 is 4.74 Å². The molecule has 4 heterocycles. The first kappa shape index (κ1) is 18.8. The first-order chi connectivity index (χ1) is 14.0. The minimum Gasteiger partial charge on any atom is -0.448 e. The highest BCUT2D eigenvalue weighted by atomic mass is 16.7. The Hall–Kier alpha value is -3.56. The average Bonchev–Trinajstić information content (AvgIpc) is 2.92. The van der Waals surface area contributed by atoms with Crippen LogP contribution in [0.5, 0.6) is 0 Å². The number of hydrogen-bond acceptors (Lipinski definition) is 6. The highest BCUT2D eigenvalue weighted by Crippen LogP contribution is 2.42. The van der Waals surface area contributed by atoms with Crippen molar-refractivity contribution < 1.29 is 24.0 Å². The van der Waals surface area contributed by atoms with Gasteiger partial charge in [0.15, 0.2) is 0 Å². The standard InChI is InChI=1S/C18H18N6O5/c1-3-28-18(27)22-12-9-10(2)14(15-13(20-21-19)17(26)23(15)22)24(29-12)16(25)11-7-5-4-6-8-11/h4-9,12-15H,3H2,1-2H3/t12-,13-,14+,15+/m1/s1. The van der Waals surface area contributed by atoms with Crippen molar-refractivity contribution in [2.45, 2.75) is 38.2 Å². The summed E-state index contributed by atoms with van der Waals surface area (Å²) in [5, 5.41) is 6.93. The molecule has 0 saturated carbocycles. The summed E-state index contributed by atoms with van der Waals surface area (Å²) in [5.41, 5.74) is 9.97. The zero-order valence-electron chi connectivity index (χ0n) is 15.7. The molecular formula is C18H18N6O5. The fourth-order valence-corrected chi connectivity index (χ4v) is 3.84. The highest BCUT2D eigenvalue weighted by molar-refractivity contribution is 5.96. The SMILES string of the molecule is CCOC(=O)N1[C@H]2C=C(C)[C@@H]([C@@H]3[C@@H](N=[N+]=[N-])C(=O)N31)N(C(=O)c1ccccc1)O2. The third kappa shape index (κ3) is 2.79. The lowest BCUT2D eigenvalue weighted by atomic mass is 9.86. The van der Waals surface area contributed by atoms with Gasteiger partial charge in [-0.05, 0) is 43.2 Å². The summed E-state index contributed by atoms with van der Waals surface area (Å²) in [5.74, 6) is -0.991. The van der Waals surface area contributed by atoms with Crippen LogP contribution in [0.4, 0.5) is 4.79 Å². The van der Waals surface area contributed by atoms with E-state index < -0.39 is 42.3 Å². The van der Waals surface area contributed by atoms with Crippen LogP contribution in [-0.2, 0) is 14.4 Å². The molecule has 4 atom stereocenters. The summed E-state index contributed by atoms with van der Waals surface area (Å²) in [6.07, 6.45) is -0.206. The van der Waals surface area contributed by atoms with Crippen molar-refractivity contribution in [3.05, 3.63) is 58.0 Å². The van der Waals surface area contributed by atoms with E-state index in [4.69, 9.17) is 15.1 Å². The van der Waals surface area contributed by atoms with Crippen molar-refractivity contribution in [1.82, 2.24) is 15.1 Å². The van der Waals surface area contributed by atoms with E-state index in [0.29, 0.717) is 11.1 Å². The van der Waals surface area contributed by atoms with Crippen LogP contribution in [0, 0.1) is 0 Å². The molecule has 0 aromatic heterocycles. The number of ether oxygens (including phenoxy) is 1. The number of nitrogens with zero attached hydrogens (tertiary/aromatic N) is 6. The van der Waals surface area contributed by atoms with E-state index in [1.807, 2.05) is 0 Å². The Morgan fingerprint density at radius 1 is 1.31 bits per heavy atom. The molecule has 2 fully saturated rings. The van der Waals surface area contributed by atoms with E-state index in [1.165, 1.54) is 0 Å². The van der Waals surface area contributed by atoms with Crippen molar-refractivity contribution in [2.75, 3.05) is 6.61 Å². The molecule has 4 aliphatic rings. The van der Waals surface area contributed by atoms with Crippen LogP contribution in [-0.4, -0.2) is 63.9 Å². The van der Waals surface area contributed by atoms with Gasteiger partial charge in [-0.15, -0.1) is 0 Å². The fraction of sp³-hybridized carbons (Fsp3) is 0.389. The summed E-state index contributed by atoms with van der Waals surface area (Å²) in [6.45, 7) is 3.50. The number of benzene rings is 1. The molecule has 11 nitrogen and oxygen atoms in total. The summed E-state index contributed by atoms with van der Waals surface area (Å²) < 4.78 is 5.08. The van der Waals surface area contributed by atoms with Crippen LogP contribution >= 0.6 is 0 Å². The Kier molecular flexibility index (Phi) is 4.61. The molecule has 0 unspecified atom stereocenters. The number of azide groups is 1. The fourth-order valence-electron chi connectivity index (χ4n) is 3.84. The van der Waals surface area contributed by atoms with Gasteiger partial charge in [0.25, 0.3) is 11.8 Å². The van der Waals surface area contributed by atoms with Crippen molar-refractivity contribution >= 4 is 17.9 Å². The van der Waals surface area contributed by atoms with Gasteiger partial charge in [-0.25, -0.2) is 19.7 Å². The van der Waals surface area contributed by atoms with Crippen LogP contribution < -0.4 is 0 Å². The number of β-lactam (4-membered cyclic amide) rings is 1. The van der Waals surface area contributed by atoms with Crippen molar-refractivity contribution in [1.29, 1.82) is 0 Å². The summed E-state index contributed by atoms with van der Waals surface area (Å²) >= 11 is 0. The Balaban J connectivity index is 1.79. The molecule has 150 valence electrons. The van der Waals surface area contributed by atoms with E-state index in [0.717, 1.165) is 15.1 Å². The second-order valence-corrected chi connectivity index (χ2v) is 6.72. The number of hydrogen-bond donors (Lipinski definition) is 0. The van der Waals surface area contributed by atoms with Gasteiger partial charge in [-0.1, -0.05) is 23.3 Å². The quantitative estimate of drug-likeness (QED) is 0.253. The Labute approximate surface area is 165 Å². The molecule has 2 bridgehead atoms. The normalized spacial score (nSPS) is 27.3. The van der Waals surface area contributed by atoms with Crippen LogP contribution in [0.1, 0.15) is 24.2 Å². The van der Waals surface area contributed by atoms with Crippen molar-refractivity contribution in [3.63, 3.8) is 0 Å². The predicted molar refractivity (Wildman–Crippen MR) is 97.5 cm³/mol. The number of hydroxylamine groups is 2. The zero-order valence-corrected chi connectivity index (χ0v) is 15.7. The second kappa shape index (κ2) is 7.12. The van der Waals surface area contributed by atoms with Gasteiger partial charge in [-0.2, -0.15) is 5.01 Å². The molecule has 11 heteroatoms. The van der Waals surface area contributed by atoms with Crippen LogP contribution in [0.15, 0.2) is 47.1 Å². The van der Waals surface area contributed by atoms with Crippen molar-refractivity contribution in [2.24, 2.45) is 5.11 Å². The molecule has 0 N–H and O–H groups in total. The number of hydrazine groups is 1. The maximum Gasteiger partial charge on any atom is 0.431 e. The maximum absolute atomic E-state index is 13.1. The third-order valence-electron chi connectivity index (χ3n) is 5.08. The number of amides is 3. The summed E-state index contributed by atoms with van der Waals surface area (Å²) in [6, 6.07) is 5.91. The Morgan fingerprint density at radius 2 is 2.03 bits per heavy atom. The molecule has 1 aromatic rings. The first-order valence-electron chi connectivity index (χ1n) is 9.06. The molecule has 3 amide bonds. The van der Waals surface area contributed by atoms with E-state index in [-0.39, 0.29) is 6.61 Å². The Bertz CT molecular complexity index is 943. The van der Waals surface area contributed by atoms with E-state index >= 15 is 0 Å². The van der Waals surface area contributed by atoms with Crippen molar-refractivity contribution in [3.8, 4) is 0 Å². The van der Waals surface area contributed by atoms with E-state index in [1.54, 1.807) is 50.3 Å². The molecule has 1 aromatic carbocycles. The van der Waals surface area contributed by atoms with E-state index in [2.05, 4.69) is 10.0 Å². The maximum atomic E-state index is 13.1. The lowest BCUT2D eigenvalue weighted by Gasteiger charge is -2.49. The molecule has 0 spiro atoms. The molecule has 0 radical (unpaired) electrons. The lowest BCUT2D eigenvalue weighted by Crippen LogP contribution is -2.74. The third-order valence-corrected chi connectivity index (χ3v) is 5.08. The molecular weight excluding hydrogens is 380 g/mol. The first-order valence-corrected chi connectivity index (χ1v) is 9.06. The molecule has 5 rings (SSSR count). The van der Waals surface area contributed by atoms with Gasteiger partial charge >= 0.3 is 6.09 Å². The van der Waals surface area contributed by atoms with E-state index in [9.17, 15) is 14.4 Å². The molecule has 2 saturated heterocycles. The molecule has 29 heavy (non-hydrogen) atoms. The number of fused-ring (bicyclic) bond motifs is 1. The minimum atomic E-state index is -1.07. The lowest BCUT2D eigenvalue weighted by molar-refractivity contribution is -0.211. The largest absolute Gasteiger partial charge is 0.448 e. The van der Waals surface area contributed by atoms with Crippen LogP contribution in [0.3, 0.4) is 0 Å². The second-order valence-electron chi connectivity index (χ2n) is 6.72. The summed E-state index contributed by atoms with van der Waals surface area (Å²) in [4.78, 5) is 47.0. The van der Waals surface area contributed by atoms with Crippen LogP contribution in [0.2, 0.25) is 0 Å². The molecule has 4 aliphatic heterocycles. The summed E-state index contributed by atoms with van der Waals surface area (Å²) in [7, 11) is 0. The molecule has 0 aliphatic carbocycles. The van der Waals surface area contributed by atoms with Gasteiger partial charge in [0.2, 0.25) is 6.23 Å². The zero-order chi connectivity index (χ0) is 20.7.